The van der Waals surface area contributed by atoms with Crippen molar-refractivity contribution in [3.63, 3.8) is 0 Å². The Bertz CT molecular complexity index is 738. The summed E-state index contributed by atoms with van der Waals surface area (Å²) in [6.07, 6.45) is 3.56. The van der Waals surface area contributed by atoms with Gasteiger partial charge in [-0.2, -0.15) is 4.98 Å². The van der Waals surface area contributed by atoms with Crippen LogP contribution in [-0.2, 0) is 0 Å². The summed E-state index contributed by atoms with van der Waals surface area (Å²) in [5.41, 5.74) is 8.53. The van der Waals surface area contributed by atoms with Gasteiger partial charge < -0.3 is 10.5 Å². The van der Waals surface area contributed by atoms with Gasteiger partial charge in [-0.15, -0.1) is 0 Å². The maximum Gasteiger partial charge on any atom is 0.215 e. The number of fused-ring (bicyclic) bond motifs is 1. The normalized spacial score (nSPS) is 12.5. The summed E-state index contributed by atoms with van der Waals surface area (Å²) in [4.78, 5) is 12.9. The van der Waals surface area contributed by atoms with Crippen LogP contribution >= 0.6 is 0 Å². The van der Waals surface area contributed by atoms with Crippen molar-refractivity contribution >= 4 is 17.1 Å². The highest BCUT2D eigenvalue weighted by atomic mass is 16.5. The molecule has 3 aromatic rings. The molecule has 3 heterocycles. The lowest BCUT2D eigenvalue weighted by Gasteiger charge is -2.15. The summed E-state index contributed by atoms with van der Waals surface area (Å²) in [7, 11) is 1.59. The number of methoxy groups -OCH3 is 1. The zero-order chi connectivity index (χ0) is 14.1. The second kappa shape index (κ2) is 4.80. The first kappa shape index (κ1) is 12.4. The fourth-order valence-electron chi connectivity index (χ4n) is 2.24. The van der Waals surface area contributed by atoms with Crippen LogP contribution < -0.4 is 10.5 Å². The first-order chi connectivity index (χ1) is 9.70. The number of imidazole rings is 1. The average molecular weight is 269 g/mol. The fourth-order valence-corrected chi connectivity index (χ4v) is 2.24. The van der Waals surface area contributed by atoms with Crippen LogP contribution in [0.1, 0.15) is 18.5 Å². The predicted molar refractivity (Wildman–Crippen MR) is 76.5 cm³/mol. The van der Waals surface area contributed by atoms with Crippen LogP contribution in [0.4, 0.5) is 5.95 Å². The summed E-state index contributed by atoms with van der Waals surface area (Å²) >= 11 is 0. The highest BCUT2D eigenvalue weighted by Crippen LogP contribution is 2.26. The van der Waals surface area contributed by atoms with Gasteiger partial charge in [0.25, 0.3) is 0 Å². The Balaban J connectivity index is 2.17. The van der Waals surface area contributed by atoms with Crippen molar-refractivity contribution in [2.75, 3.05) is 12.8 Å². The van der Waals surface area contributed by atoms with Gasteiger partial charge in [-0.25, -0.2) is 4.98 Å². The van der Waals surface area contributed by atoms with Crippen LogP contribution in [0.15, 0.2) is 36.7 Å². The Morgan fingerprint density at radius 1 is 1.25 bits per heavy atom. The van der Waals surface area contributed by atoms with Crippen LogP contribution in [0.3, 0.4) is 0 Å². The maximum atomic E-state index is 6.03. The molecule has 0 spiro atoms. The summed E-state index contributed by atoms with van der Waals surface area (Å²) in [6.45, 7) is 2.04. The van der Waals surface area contributed by atoms with Crippen molar-refractivity contribution in [1.82, 2.24) is 19.5 Å². The third-order valence-electron chi connectivity index (χ3n) is 3.30. The van der Waals surface area contributed by atoms with Crippen molar-refractivity contribution in [3.8, 4) is 5.88 Å². The number of nitrogens with two attached hydrogens (primary N) is 1. The highest BCUT2D eigenvalue weighted by molar-refractivity contribution is 5.75. The Hall–Kier alpha value is -2.63. The SMILES string of the molecule is COc1ccc2nc(N)n(C(C)c3cccnc3)c2n1. The Morgan fingerprint density at radius 2 is 2.10 bits per heavy atom. The number of pyridine rings is 2. The van der Waals surface area contributed by atoms with Gasteiger partial charge in [-0.3, -0.25) is 9.55 Å². The second-order valence-electron chi connectivity index (χ2n) is 4.50. The van der Waals surface area contributed by atoms with Crippen LogP contribution in [0.25, 0.3) is 11.2 Å². The molecule has 1 unspecified atom stereocenters. The molecule has 0 amide bonds. The van der Waals surface area contributed by atoms with Crippen molar-refractivity contribution in [2.24, 2.45) is 0 Å². The largest absolute Gasteiger partial charge is 0.481 e. The summed E-state index contributed by atoms with van der Waals surface area (Å²) < 4.78 is 7.05. The predicted octanol–water partition coefficient (Wildman–Crippen LogP) is 2.03. The molecule has 0 aromatic carbocycles. The number of nitrogens with zero attached hydrogens (tertiary/aromatic N) is 4. The minimum absolute atomic E-state index is 0.00620. The highest BCUT2D eigenvalue weighted by Gasteiger charge is 2.17. The van der Waals surface area contributed by atoms with E-state index in [0.29, 0.717) is 17.5 Å². The number of hydrogen-bond donors (Lipinski definition) is 1. The van der Waals surface area contributed by atoms with Crippen LogP contribution in [0, 0.1) is 0 Å². The maximum absolute atomic E-state index is 6.03. The van der Waals surface area contributed by atoms with E-state index in [2.05, 4.69) is 15.0 Å². The van der Waals surface area contributed by atoms with Gasteiger partial charge in [0.2, 0.25) is 11.8 Å². The molecule has 0 radical (unpaired) electrons. The van der Waals surface area contributed by atoms with Crippen molar-refractivity contribution in [2.45, 2.75) is 13.0 Å². The van der Waals surface area contributed by atoms with Crippen molar-refractivity contribution in [3.05, 3.63) is 42.2 Å². The molecule has 0 saturated carbocycles. The molecule has 3 rings (SSSR count). The molecule has 0 saturated heterocycles. The molecule has 6 nitrogen and oxygen atoms in total. The smallest absolute Gasteiger partial charge is 0.215 e. The monoisotopic (exact) mass is 269 g/mol. The van der Waals surface area contributed by atoms with Gasteiger partial charge in [-0.05, 0) is 24.6 Å². The summed E-state index contributed by atoms with van der Waals surface area (Å²) in [5, 5.41) is 0. The Morgan fingerprint density at radius 3 is 2.80 bits per heavy atom. The summed E-state index contributed by atoms with van der Waals surface area (Å²) in [6, 6.07) is 7.52. The van der Waals surface area contributed by atoms with E-state index in [9.17, 15) is 0 Å². The zero-order valence-corrected chi connectivity index (χ0v) is 11.3. The van der Waals surface area contributed by atoms with E-state index in [1.807, 2.05) is 35.9 Å². The van der Waals surface area contributed by atoms with E-state index >= 15 is 0 Å². The summed E-state index contributed by atoms with van der Waals surface area (Å²) in [5.74, 6) is 0.967. The van der Waals surface area contributed by atoms with Gasteiger partial charge in [0.05, 0.1) is 13.2 Å². The number of ether oxygens (including phenoxy) is 1. The van der Waals surface area contributed by atoms with E-state index in [1.54, 1.807) is 19.4 Å². The molecule has 2 N–H and O–H groups in total. The van der Waals surface area contributed by atoms with E-state index in [4.69, 9.17) is 10.5 Å². The minimum Gasteiger partial charge on any atom is -0.481 e. The molecule has 0 aliphatic rings. The molecule has 102 valence electrons. The lowest BCUT2D eigenvalue weighted by Crippen LogP contribution is -2.11. The minimum atomic E-state index is -0.00620. The first-order valence-electron chi connectivity index (χ1n) is 6.29. The van der Waals surface area contributed by atoms with Crippen molar-refractivity contribution in [1.29, 1.82) is 0 Å². The van der Waals surface area contributed by atoms with Gasteiger partial charge in [0, 0.05) is 18.5 Å². The molecule has 6 heteroatoms. The van der Waals surface area contributed by atoms with E-state index < -0.39 is 0 Å². The number of nitrogen functional groups attached to an aromatic ring is 1. The molecule has 3 aromatic heterocycles. The molecule has 0 bridgehead atoms. The average Bonchev–Trinajstić information content (AvgIpc) is 2.82. The van der Waals surface area contributed by atoms with Gasteiger partial charge in [0.15, 0.2) is 5.65 Å². The first-order valence-corrected chi connectivity index (χ1v) is 6.29. The fraction of sp³-hybridized carbons (Fsp3) is 0.214. The Kier molecular flexibility index (Phi) is 2.98. The molecule has 0 aliphatic heterocycles. The lowest BCUT2D eigenvalue weighted by molar-refractivity contribution is 0.399. The lowest BCUT2D eigenvalue weighted by atomic mass is 10.1. The standard InChI is InChI=1S/C14H15N5O/c1-9(10-4-3-7-16-8-10)19-13-11(17-14(19)15)5-6-12(18-13)20-2/h3-9H,1-2H3,(H2,15,17). The van der Waals surface area contributed by atoms with Crippen molar-refractivity contribution < 1.29 is 4.74 Å². The number of anilines is 1. The van der Waals surface area contributed by atoms with E-state index in [-0.39, 0.29) is 6.04 Å². The van der Waals surface area contributed by atoms with Crippen LogP contribution in [0.5, 0.6) is 5.88 Å². The topological polar surface area (TPSA) is 78.9 Å². The molecular weight excluding hydrogens is 254 g/mol. The molecule has 0 fully saturated rings. The van der Waals surface area contributed by atoms with Gasteiger partial charge in [0.1, 0.15) is 5.52 Å². The molecule has 0 aliphatic carbocycles. The second-order valence-corrected chi connectivity index (χ2v) is 4.50. The van der Waals surface area contributed by atoms with Gasteiger partial charge in [-0.1, -0.05) is 6.07 Å². The van der Waals surface area contributed by atoms with E-state index in [0.717, 1.165) is 11.1 Å². The zero-order valence-electron chi connectivity index (χ0n) is 11.3. The quantitative estimate of drug-likeness (QED) is 0.787. The Labute approximate surface area is 116 Å². The number of hydrogen-bond acceptors (Lipinski definition) is 5. The number of rotatable bonds is 3. The number of aromatic nitrogens is 4. The van der Waals surface area contributed by atoms with E-state index in [1.165, 1.54) is 0 Å². The molecule has 1 atom stereocenters. The third kappa shape index (κ3) is 1.95. The van der Waals surface area contributed by atoms with Crippen LogP contribution in [0.2, 0.25) is 0 Å². The van der Waals surface area contributed by atoms with Gasteiger partial charge >= 0.3 is 0 Å². The van der Waals surface area contributed by atoms with Crippen LogP contribution in [-0.4, -0.2) is 26.6 Å². The third-order valence-corrected chi connectivity index (χ3v) is 3.30. The molecule has 20 heavy (non-hydrogen) atoms. The molecular formula is C14H15N5O.